The molecule has 1 aliphatic rings. The van der Waals surface area contributed by atoms with E-state index >= 15 is 0 Å². The van der Waals surface area contributed by atoms with Crippen molar-refractivity contribution in [3.05, 3.63) is 47.5 Å². The van der Waals surface area contributed by atoms with Crippen LogP contribution in [0.2, 0.25) is 5.02 Å². The van der Waals surface area contributed by atoms with Gasteiger partial charge in [-0.25, -0.2) is 13.1 Å². The number of fused-ring (bicyclic) bond motifs is 1. The highest BCUT2D eigenvalue weighted by Crippen LogP contribution is 2.35. The Morgan fingerprint density at radius 2 is 1.91 bits per heavy atom. The molecule has 2 aromatic carbocycles. The van der Waals surface area contributed by atoms with Crippen LogP contribution in [0.15, 0.2) is 47.4 Å². The van der Waals surface area contributed by atoms with Gasteiger partial charge in [-0.1, -0.05) is 23.7 Å². The van der Waals surface area contributed by atoms with Crippen LogP contribution in [0, 0.1) is 0 Å². The smallest absolute Gasteiger partial charge is 0.242 e. The molecule has 0 aromatic heterocycles. The Hall–Kier alpha value is -1.96. The third-order valence-electron chi connectivity index (χ3n) is 3.13. The van der Waals surface area contributed by atoms with E-state index < -0.39 is 10.0 Å². The van der Waals surface area contributed by atoms with E-state index in [0.717, 1.165) is 0 Å². The van der Waals surface area contributed by atoms with Crippen molar-refractivity contribution < 1.29 is 22.6 Å². The summed E-state index contributed by atoms with van der Waals surface area (Å²) in [4.78, 5) is 0.0461. The predicted octanol–water partition coefficient (Wildman–Crippen LogP) is 2.43. The van der Waals surface area contributed by atoms with Gasteiger partial charge in [-0.15, -0.1) is 0 Å². The highest BCUT2D eigenvalue weighted by atomic mass is 35.5. The normalized spacial score (nSPS) is 13.1. The van der Waals surface area contributed by atoms with Crippen molar-refractivity contribution in [2.75, 3.05) is 19.9 Å². The fourth-order valence-corrected chi connectivity index (χ4v) is 3.58. The van der Waals surface area contributed by atoms with E-state index in [1.165, 1.54) is 12.1 Å². The Labute approximate surface area is 139 Å². The number of benzene rings is 2. The van der Waals surface area contributed by atoms with Crippen molar-refractivity contribution >= 4 is 21.6 Å². The molecule has 122 valence electrons. The molecule has 0 atom stereocenters. The lowest BCUT2D eigenvalue weighted by Gasteiger charge is -2.10. The number of rotatable bonds is 6. The molecular weight excluding hydrogens is 342 g/mol. The maximum Gasteiger partial charge on any atom is 0.242 e. The summed E-state index contributed by atoms with van der Waals surface area (Å²) < 4.78 is 42.6. The lowest BCUT2D eigenvalue weighted by molar-refractivity contribution is 0.173. The zero-order valence-corrected chi connectivity index (χ0v) is 13.6. The third kappa shape index (κ3) is 3.69. The second-order valence-corrected chi connectivity index (χ2v) is 6.83. The first-order chi connectivity index (χ1) is 11.1. The van der Waals surface area contributed by atoms with Crippen LogP contribution in [0.1, 0.15) is 0 Å². The van der Waals surface area contributed by atoms with Crippen molar-refractivity contribution in [2.45, 2.75) is 4.90 Å². The second kappa shape index (κ2) is 6.66. The zero-order chi connectivity index (χ0) is 16.3. The summed E-state index contributed by atoms with van der Waals surface area (Å²) >= 11 is 5.90. The standard InChI is InChI=1S/C15H14ClNO5S/c16-12-3-1-2-4-15(12)23(18,19)17-7-8-20-11-5-6-13-14(9-11)22-10-21-13/h1-6,9,17H,7-8,10H2. The van der Waals surface area contributed by atoms with E-state index in [1.807, 2.05) is 0 Å². The molecule has 0 radical (unpaired) electrons. The van der Waals surface area contributed by atoms with E-state index in [2.05, 4.69) is 4.72 Å². The molecule has 0 aliphatic carbocycles. The average molecular weight is 356 g/mol. The van der Waals surface area contributed by atoms with Gasteiger partial charge >= 0.3 is 0 Å². The first kappa shape index (κ1) is 15.9. The molecule has 8 heteroatoms. The maximum atomic E-state index is 12.1. The van der Waals surface area contributed by atoms with Crippen LogP contribution in [-0.2, 0) is 10.0 Å². The lowest BCUT2D eigenvalue weighted by atomic mass is 10.3. The van der Waals surface area contributed by atoms with Crippen LogP contribution in [0.25, 0.3) is 0 Å². The number of hydrogen-bond acceptors (Lipinski definition) is 5. The van der Waals surface area contributed by atoms with Crippen molar-refractivity contribution in [2.24, 2.45) is 0 Å². The quantitative estimate of drug-likeness (QED) is 0.805. The van der Waals surface area contributed by atoms with Crippen molar-refractivity contribution in [3.8, 4) is 17.2 Å². The van der Waals surface area contributed by atoms with E-state index in [0.29, 0.717) is 17.2 Å². The molecule has 6 nitrogen and oxygen atoms in total. The Balaban J connectivity index is 1.54. The molecule has 1 N–H and O–H groups in total. The summed E-state index contributed by atoms with van der Waals surface area (Å²) in [6.07, 6.45) is 0. The molecule has 0 unspecified atom stereocenters. The largest absolute Gasteiger partial charge is 0.492 e. The topological polar surface area (TPSA) is 73.9 Å². The fourth-order valence-electron chi connectivity index (χ4n) is 2.05. The minimum Gasteiger partial charge on any atom is -0.492 e. The molecule has 3 rings (SSSR count). The molecular formula is C15H14ClNO5S. The van der Waals surface area contributed by atoms with Crippen LogP contribution in [0.5, 0.6) is 17.2 Å². The highest BCUT2D eigenvalue weighted by molar-refractivity contribution is 7.89. The molecule has 23 heavy (non-hydrogen) atoms. The van der Waals surface area contributed by atoms with Crippen molar-refractivity contribution in [1.29, 1.82) is 0 Å². The predicted molar refractivity (Wildman–Crippen MR) is 84.7 cm³/mol. The maximum absolute atomic E-state index is 12.1. The van der Waals surface area contributed by atoms with E-state index in [-0.39, 0.29) is 29.9 Å². The Morgan fingerprint density at radius 1 is 1.13 bits per heavy atom. The molecule has 0 bridgehead atoms. The molecule has 1 heterocycles. The van der Waals surface area contributed by atoms with Crippen molar-refractivity contribution in [1.82, 2.24) is 4.72 Å². The van der Waals surface area contributed by atoms with Gasteiger partial charge in [0, 0.05) is 12.6 Å². The summed E-state index contributed by atoms with van der Waals surface area (Å²) in [5.74, 6) is 1.85. The molecule has 0 saturated heterocycles. The minimum absolute atomic E-state index is 0.0461. The van der Waals surface area contributed by atoms with Crippen LogP contribution >= 0.6 is 11.6 Å². The summed E-state index contributed by atoms with van der Waals surface area (Å²) in [5.41, 5.74) is 0. The van der Waals surface area contributed by atoms with Crippen LogP contribution < -0.4 is 18.9 Å². The summed E-state index contributed by atoms with van der Waals surface area (Å²) in [6.45, 7) is 0.474. The Bertz CT molecular complexity index is 809. The molecule has 2 aromatic rings. The minimum atomic E-state index is -3.66. The summed E-state index contributed by atoms with van der Waals surface area (Å²) in [7, 11) is -3.66. The van der Waals surface area contributed by atoms with Gasteiger partial charge in [0.05, 0.1) is 5.02 Å². The first-order valence-electron chi connectivity index (χ1n) is 6.83. The fraction of sp³-hybridized carbons (Fsp3) is 0.200. The zero-order valence-electron chi connectivity index (χ0n) is 12.0. The third-order valence-corrected chi connectivity index (χ3v) is 5.09. The number of halogens is 1. The lowest BCUT2D eigenvalue weighted by Crippen LogP contribution is -2.28. The summed E-state index contributed by atoms with van der Waals surface area (Å²) in [5, 5.41) is 0.177. The summed E-state index contributed by atoms with van der Waals surface area (Å²) in [6, 6.07) is 11.4. The van der Waals surface area contributed by atoms with Gasteiger partial charge in [-0.2, -0.15) is 0 Å². The first-order valence-corrected chi connectivity index (χ1v) is 8.69. The molecule has 0 saturated carbocycles. The van der Waals surface area contributed by atoms with Gasteiger partial charge in [0.15, 0.2) is 11.5 Å². The van der Waals surface area contributed by atoms with E-state index in [9.17, 15) is 8.42 Å². The monoisotopic (exact) mass is 355 g/mol. The molecule has 1 aliphatic heterocycles. The SMILES string of the molecule is O=S(=O)(NCCOc1ccc2c(c1)OCO2)c1ccccc1Cl. The average Bonchev–Trinajstić information content (AvgIpc) is 2.99. The van der Waals surface area contributed by atoms with E-state index in [4.69, 9.17) is 25.8 Å². The Kier molecular flexibility index (Phi) is 4.61. The van der Waals surface area contributed by atoms with Crippen LogP contribution in [0.3, 0.4) is 0 Å². The van der Waals surface area contributed by atoms with Crippen LogP contribution in [0.4, 0.5) is 0 Å². The van der Waals surface area contributed by atoms with Crippen molar-refractivity contribution in [3.63, 3.8) is 0 Å². The molecule has 0 fully saturated rings. The van der Waals surface area contributed by atoms with Gasteiger partial charge in [0.1, 0.15) is 17.3 Å². The van der Waals surface area contributed by atoms with Crippen LogP contribution in [-0.4, -0.2) is 28.4 Å². The number of hydrogen-bond donors (Lipinski definition) is 1. The van der Waals surface area contributed by atoms with Gasteiger partial charge < -0.3 is 14.2 Å². The molecule has 0 amide bonds. The number of sulfonamides is 1. The number of ether oxygens (including phenoxy) is 3. The van der Waals surface area contributed by atoms with Gasteiger partial charge in [-0.05, 0) is 24.3 Å². The van der Waals surface area contributed by atoms with Gasteiger partial charge in [0.25, 0.3) is 0 Å². The second-order valence-electron chi connectivity index (χ2n) is 4.69. The Morgan fingerprint density at radius 3 is 2.74 bits per heavy atom. The number of nitrogens with one attached hydrogen (secondary N) is 1. The highest BCUT2D eigenvalue weighted by Gasteiger charge is 2.17. The van der Waals surface area contributed by atoms with Gasteiger partial charge in [-0.3, -0.25) is 0 Å². The van der Waals surface area contributed by atoms with E-state index in [1.54, 1.807) is 30.3 Å². The van der Waals surface area contributed by atoms with Gasteiger partial charge in [0.2, 0.25) is 16.8 Å². The molecule has 0 spiro atoms.